The van der Waals surface area contributed by atoms with Gasteiger partial charge in [0.15, 0.2) is 0 Å². The first-order chi connectivity index (χ1) is 13.2. The van der Waals surface area contributed by atoms with Gasteiger partial charge in [0.05, 0.1) is 6.61 Å². The second kappa shape index (κ2) is 9.51. The van der Waals surface area contributed by atoms with E-state index in [0.29, 0.717) is 19.7 Å². The molecule has 0 saturated carbocycles. The van der Waals surface area contributed by atoms with Crippen molar-refractivity contribution in [2.45, 2.75) is 32.9 Å². The van der Waals surface area contributed by atoms with Gasteiger partial charge in [0.2, 0.25) is 5.91 Å². The maximum Gasteiger partial charge on any atom is 0.223 e. The van der Waals surface area contributed by atoms with E-state index in [1.807, 2.05) is 43.3 Å². The van der Waals surface area contributed by atoms with Crippen LogP contribution in [0.1, 0.15) is 30.9 Å². The summed E-state index contributed by atoms with van der Waals surface area (Å²) in [6.45, 7) is 5.36. The summed E-state index contributed by atoms with van der Waals surface area (Å²) in [6.07, 6.45) is 1.62. The highest BCUT2D eigenvalue weighted by Crippen LogP contribution is 2.20. The molecule has 3 rings (SSSR count). The fraction of sp³-hybridized carbons (Fsp3) is 0.409. The van der Waals surface area contributed by atoms with Gasteiger partial charge in [-0.3, -0.25) is 9.69 Å². The van der Waals surface area contributed by atoms with Gasteiger partial charge in [0, 0.05) is 24.6 Å². The highest BCUT2D eigenvalue weighted by molar-refractivity contribution is 5.78. The minimum Gasteiger partial charge on any atom is -0.494 e. The van der Waals surface area contributed by atoms with E-state index in [9.17, 15) is 9.18 Å². The Hall–Kier alpha value is -2.40. The monoisotopic (exact) mass is 370 g/mol. The van der Waals surface area contributed by atoms with Gasteiger partial charge in [-0.15, -0.1) is 0 Å². The molecule has 1 N–H and O–H groups in total. The molecule has 4 nitrogen and oxygen atoms in total. The Morgan fingerprint density at radius 3 is 2.52 bits per heavy atom. The Morgan fingerprint density at radius 1 is 1.15 bits per heavy atom. The summed E-state index contributed by atoms with van der Waals surface area (Å²) in [5.74, 6) is 0.821. The zero-order chi connectivity index (χ0) is 19.1. The predicted molar refractivity (Wildman–Crippen MR) is 104 cm³/mol. The molecule has 0 aliphatic carbocycles. The quantitative estimate of drug-likeness (QED) is 0.807. The number of hydrogen-bond donors (Lipinski definition) is 1. The first-order valence-electron chi connectivity index (χ1n) is 9.61. The zero-order valence-corrected chi connectivity index (χ0v) is 15.8. The van der Waals surface area contributed by atoms with Gasteiger partial charge in [-0.05, 0) is 56.6 Å². The van der Waals surface area contributed by atoms with Gasteiger partial charge >= 0.3 is 0 Å². The number of benzene rings is 2. The number of rotatable bonds is 7. The van der Waals surface area contributed by atoms with Crippen molar-refractivity contribution in [1.82, 2.24) is 10.2 Å². The van der Waals surface area contributed by atoms with E-state index in [2.05, 4.69) is 10.2 Å². The third-order valence-electron chi connectivity index (χ3n) is 5.01. The van der Waals surface area contributed by atoms with E-state index in [1.165, 1.54) is 6.07 Å². The molecule has 0 unspecified atom stereocenters. The molecule has 27 heavy (non-hydrogen) atoms. The van der Waals surface area contributed by atoms with E-state index in [-0.39, 0.29) is 17.6 Å². The SMILES string of the molecule is CCOc1ccc(CNC(=O)C2CCN(Cc3ccccc3F)CC2)cc1. The Kier molecular flexibility index (Phi) is 6.82. The van der Waals surface area contributed by atoms with Crippen molar-refractivity contribution < 1.29 is 13.9 Å². The van der Waals surface area contributed by atoms with Crippen molar-refractivity contribution >= 4 is 5.91 Å². The van der Waals surface area contributed by atoms with Crippen molar-refractivity contribution in [3.8, 4) is 5.75 Å². The number of halogens is 1. The van der Waals surface area contributed by atoms with Crippen LogP contribution in [0.5, 0.6) is 5.75 Å². The van der Waals surface area contributed by atoms with Crippen LogP contribution in [-0.4, -0.2) is 30.5 Å². The Bertz CT molecular complexity index is 740. The molecule has 1 fully saturated rings. The van der Waals surface area contributed by atoms with E-state index in [0.717, 1.165) is 42.8 Å². The Morgan fingerprint density at radius 2 is 1.85 bits per heavy atom. The molecular formula is C22H27FN2O2. The van der Waals surface area contributed by atoms with E-state index in [1.54, 1.807) is 6.07 Å². The summed E-state index contributed by atoms with van der Waals surface area (Å²) in [6, 6.07) is 14.7. The zero-order valence-electron chi connectivity index (χ0n) is 15.8. The van der Waals surface area contributed by atoms with Crippen molar-refractivity contribution in [2.75, 3.05) is 19.7 Å². The number of hydrogen-bond acceptors (Lipinski definition) is 3. The summed E-state index contributed by atoms with van der Waals surface area (Å²) in [5.41, 5.74) is 1.78. The average Bonchev–Trinajstić information content (AvgIpc) is 2.70. The van der Waals surface area contributed by atoms with Gasteiger partial charge < -0.3 is 10.1 Å². The Balaban J connectivity index is 1.42. The van der Waals surface area contributed by atoms with Gasteiger partial charge in [0.25, 0.3) is 0 Å². The topological polar surface area (TPSA) is 41.6 Å². The van der Waals surface area contributed by atoms with Crippen LogP contribution in [0.15, 0.2) is 48.5 Å². The maximum absolute atomic E-state index is 13.8. The number of likely N-dealkylation sites (tertiary alicyclic amines) is 1. The maximum atomic E-state index is 13.8. The van der Waals surface area contributed by atoms with Crippen molar-refractivity contribution in [1.29, 1.82) is 0 Å². The molecule has 2 aromatic carbocycles. The lowest BCUT2D eigenvalue weighted by Gasteiger charge is -2.31. The molecule has 1 amide bonds. The average molecular weight is 370 g/mol. The fourth-order valence-corrected chi connectivity index (χ4v) is 3.42. The number of nitrogens with zero attached hydrogens (tertiary/aromatic N) is 1. The molecular weight excluding hydrogens is 343 g/mol. The van der Waals surface area contributed by atoms with Crippen molar-refractivity contribution in [3.63, 3.8) is 0 Å². The number of carbonyl (C=O) groups is 1. The standard InChI is InChI=1S/C22H27FN2O2/c1-2-27-20-9-7-17(8-10-20)15-24-22(26)18-11-13-25(14-12-18)16-19-5-3-4-6-21(19)23/h3-10,18H,2,11-16H2,1H3,(H,24,26). The Labute approximate surface area is 160 Å². The van der Waals surface area contributed by atoms with Crippen LogP contribution < -0.4 is 10.1 Å². The molecule has 0 aromatic heterocycles. The van der Waals surface area contributed by atoms with E-state index >= 15 is 0 Å². The molecule has 1 heterocycles. The summed E-state index contributed by atoms with van der Waals surface area (Å²) < 4.78 is 19.2. The third-order valence-corrected chi connectivity index (χ3v) is 5.01. The summed E-state index contributed by atoms with van der Waals surface area (Å²) in [7, 11) is 0. The minimum absolute atomic E-state index is 0.0320. The van der Waals surface area contributed by atoms with Crippen LogP contribution >= 0.6 is 0 Å². The predicted octanol–water partition coefficient (Wildman–Crippen LogP) is 3.75. The van der Waals surface area contributed by atoms with Crippen LogP contribution in [0.3, 0.4) is 0 Å². The number of nitrogens with one attached hydrogen (secondary N) is 1. The first-order valence-corrected chi connectivity index (χ1v) is 9.61. The van der Waals surface area contributed by atoms with E-state index < -0.39 is 0 Å². The highest BCUT2D eigenvalue weighted by Gasteiger charge is 2.25. The second-order valence-corrected chi connectivity index (χ2v) is 6.94. The molecule has 1 aliphatic heterocycles. The summed E-state index contributed by atoms with van der Waals surface area (Å²) in [5, 5.41) is 3.04. The lowest BCUT2D eigenvalue weighted by molar-refractivity contribution is -0.126. The minimum atomic E-state index is -0.160. The molecule has 0 spiro atoms. The van der Waals surface area contributed by atoms with Crippen molar-refractivity contribution in [2.24, 2.45) is 5.92 Å². The molecule has 2 aromatic rings. The van der Waals surface area contributed by atoms with Crippen LogP contribution in [0.4, 0.5) is 4.39 Å². The van der Waals surface area contributed by atoms with Crippen molar-refractivity contribution in [3.05, 3.63) is 65.5 Å². The third kappa shape index (κ3) is 5.54. The van der Waals surface area contributed by atoms with Crippen LogP contribution in [-0.2, 0) is 17.9 Å². The largest absolute Gasteiger partial charge is 0.494 e. The first kappa shape index (κ1) is 19.4. The van der Waals surface area contributed by atoms with Crippen LogP contribution in [0.2, 0.25) is 0 Å². The van der Waals surface area contributed by atoms with E-state index in [4.69, 9.17) is 4.74 Å². The number of ether oxygens (including phenoxy) is 1. The normalized spacial score (nSPS) is 15.5. The highest BCUT2D eigenvalue weighted by atomic mass is 19.1. The van der Waals surface area contributed by atoms with Crippen LogP contribution in [0.25, 0.3) is 0 Å². The lowest BCUT2D eigenvalue weighted by Crippen LogP contribution is -2.40. The van der Waals surface area contributed by atoms with Crippen LogP contribution in [0, 0.1) is 11.7 Å². The van der Waals surface area contributed by atoms with Gasteiger partial charge in [-0.1, -0.05) is 30.3 Å². The molecule has 0 radical (unpaired) electrons. The molecule has 1 aliphatic rings. The number of piperidine rings is 1. The molecule has 5 heteroatoms. The van der Waals surface area contributed by atoms with Gasteiger partial charge in [-0.2, -0.15) is 0 Å². The molecule has 1 saturated heterocycles. The molecule has 0 bridgehead atoms. The summed E-state index contributed by atoms with van der Waals surface area (Å²) in [4.78, 5) is 14.7. The van der Waals surface area contributed by atoms with Gasteiger partial charge in [-0.25, -0.2) is 4.39 Å². The lowest BCUT2D eigenvalue weighted by atomic mass is 9.95. The van der Waals surface area contributed by atoms with Gasteiger partial charge in [0.1, 0.15) is 11.6 Å². The number of amides is 1. The number of carbonyl (C=O) groups excluding carboxylic acids is 1. The molecule has 144 valence electrons. The smallest absolute Gasteiger partial charge is 0.223 e. The molecule has 0 atom stereocenters. The second-order valence-electron chi connectivity index (χ2n) is 6.94. The summed E-state index contributed by atoms with van der Waals surface area (Å²) >= 11 is 0. The fourth-order valence-electron chi connectivity index (χ4n) is 3.42.